The summed E-state index contributed by atoms with van der Waals surface area (Å²) in [5.74, 6) is -0.161. The van der Waals surface area contributed by atoms with Gasteiger partial charge in [-0.3, -0.25) is 4.79 Å². The van der Waals surface area contributed by atoms with E-state index in [9.17, 15) is 4.79 Å². The van der Waals surface area contributed by atoms with Gasteiger partial charge in [0.15, 0.2) is 0 Å². The summed E-state index contributed by atoms with van der Waals surface area (Å²) in [6, 6.07) is 3.25. The molecule has 2 rings (SSSR count). The second-order valence-electron chi connectivity index (χ2n) is 2.80. The number of halogens is 4. The van der Waals surface area contributed by atoms with Gasteiger partial charge in [-0.2, -0.15) is 0 Å². The van der Waals surface area contributed by atoms with Gasteiger partial charge in [-0.15, -0.1) is 22.7 Å². The van der Waals surface area contributed by atoms with Crippen LogP contribution in [0, 0.1) is 0 Å². The molecule has 7 heteroatoms. The molecule has 0 bridgehead atoms. The fourth-order valence-corrected chi connectivity index (χ4v) is 4.20. The molecule has 2 aromatic rings. The number of rotatable bonds is 2. The van der Waals surface area contributed by atoms with Crippen LogP contribution < -0.4 is 0 Å². The van der Waals surface area contributed by atoms with Crippen LogP contribution >= 0.6 is 73.4 Å². The summed E-state index contributed by atoms with van der Waals surface area (Å²) in [7, 11) is 0. The molecule has 0 spiro atoms. The van der Waals surface area contributed by atoms with E-state index in [1.165, 1.54) is 22.7 Å². The van der Waals surface area contributed by atoms with Gasteiger partial charge in [0.2, 0.25) is 5.78 Å². The van der Waals surface area contributed by atoms with Gasteiger partial charge in [-0.25, -0.2) is 0 Å². The minimum atomic E-state index is -0.161. The topological polar surface area (TPSA) is 17.1 Å². The third-order valence-electron chi connectivity index (χ3n) is 1.77. The quantitative estimate of drug-likeness (QED) is 0.609. The lowest BCUT2D eigenvalue weighted by Crippen LogP contribution is -1.96. The molecule has 0 aliphatic rings. The Morgan fingerprint density at radius 1 is 1.12 bits per heavy atom. The molecule has 0 atom stereocenters. The monoisotopic (exact) mass is 374 g/mol. The van der Waals surface area contributed by atoms with E-state index >= 15 is 0 Å². The van der Waals surface area contributed by atoms with Gasteiger partial charge in [-0.1, -0.05) is 34.8 Å². The summed E-state index contributed by atoms with van der Waals surface area (Å²) in [6.45, 7) is 0. The lowest BCUT2D eigenvalue weighted by atomic mass is 10.2. The number of thiophene rings is 2. The molecule has 0 aliphatic heterocycles. The smallest absolute Gasteiger partial charge is 0.205 e. The largest absolute Gasteiger partial charge is 0.288 e. The summed E-state index contributed by atoms with van der Waals surface area (Å²) in [5.41, 5.74) is 0.419. The lowest BCUT2D eigenvalue weighted by Gasteiger charge is -1.93. The number of ketones is 1. The van der Waals surface area contributed by atoms with Crippen LogP contribution in [0.4, 0.5) is 0 Å². The Labute approximate surface area is 123 Å². The highest BCUT2D eigenvalue weighted by Gasteiger charge is 2.19. The molecule has 2 heterocycles. The summed E-state index contributed by atoms with van der Waals surface area (Å²) in [4.78, 5) is 12.6. The van der Waals surface area contributed by atoms with Gasteiger partial charge >= 0.3 is 0 Å². The molecule has 0 N–H and O–H groups in total. The first-order valence-corrected chi connectivity index (χ1v) is 7.49. The Morgan fingerprint density at radius 2 is 1.81 bits per heavy atom. The fourth-order valence-electron chi connectivity index (χ4n) is 1.09. The maximum Gasteiger partial charge on any atom is 0.205 e. The zero-order chi connectivity index (χ0) is 11.9. The first-order chi connectivity index (χ1) is 7.49. The molecule has 16 heavy (non-hydrogen) atoms. The minimum absolute atomic E-state index is 0.161. The van der Waals surface area contributed by atoms with E-state index in [4.69, 9.17) is 34.8 Å². The van der Waals surface area contributed by atoms with Gasteiger partial charge < -0.3 is 0 Å². The second-order valence-corrected chi connectivity index (χ2v) is 7.59. The summed E-state index contributed by atoms with van der Waals surface area (Å²) in [5, 5.41) is 0. The SMILES string of the molecule is O=C(c1cc(Br)c(Cl)s1)c1cc(Cl)sc1Cl. The predicted octanol–water partition coefficient (Wildman–Crippen LogP) is 5.76. The maximum atomic E-state index is 12.0. The zero-order valence-corrected chi connectivity index (χ0v) is 12.9. The van der Waals surface area contributed by atoms with Crippen LogP contribution in [0.5, 0.6) is 0 Å². The van der Waals surface area contributed by atoms with Gasteiger partial charge in [0, 0.05) is 4.47 Å². The molecular weight excluding hydrogens is 374 g/mol. The molecule has 2 aromatic heterocycles. The fraction of sp³-hybridized carbons (Fsp3) is 0. The molecule has 0 saturated carbocycles. The Hall–Kier alpha value is 0.420. The van der Waals surface area contributed by atoms with Crippen molar-refractivity contribution < 1.29 is 4.79 Å². The van der Waals surface area contributed by atoms with Gasteiger partial charge in [-0.05, 0) is 28.1 Å². The first kappa shape index (κ1) is 12.9. The van der Waals surface area contributed by atoms with Crippen molar-refractivity contribution in [3.63, 3.8) is 0 Å². The van der Waals surface area contributed by atoms with Gasteiger partial charge in [0.25, 0.3) is 0 Å². The number of hydrogen-bond acceptors (Lipinski definition) is 3. The standard InChI is InChI=1S/C9H2BrCl3OS2/c10-4-2-5(15-9(4)13)7(14)3-1-6(11)16-8(3)12/h1-2H. The molecule has 0 amide bonds. The second kappa shape index (κ2) is 4.96. The van der Waals surface area contributed by atoms with E-state index in [1.54, 1.807) is 12.1 Å². The Bertz CT molecular complexity index is 542. The van der Waals surface area contributed by atoms with E-state index < -0.39 is 0 Å². The molecule has 0 saturated heterocycles. The molecule has 0 aromatic carbocycles. The molecule has 0 radical (unpaired) electrons. The lowest BCUT2D eigenvalue weighted by molar-refractivity contribution is 0.104. The van der Waals surface area contributed by atoms with E-state index in [0.29, 0.717) is 27.9 Å². The number of hydrogen-bond donors (Lipinski definition) is 0. The average molecular weight is 377 g/mol. The average Bonchev–Trinajstić information content (AvgIpc) is 2.70. The van der Waals surface area contributed by atoms with Crippen molar-refractivity contribution in [2.24, 2.45) is 0 Å². The molecule has 0 aliphatic carbocycles. The van der Waals surface area contributed by atoms with Crippen molar-refractivity contribution in [2.45, 2.75) is 0 Å². The highest BCUT2D eigenvalue weighted by atomic mass is 79.9. The molecule has 84 valence electrons. The third kappa shape index (κ3) is 2.47. The molecule has 0 unspecified atom stereocenters. The van der Waals surface area contributed by atoms with Crippen molar-refractivity contribution in [3.8, 4) is 0 Å². The highest BCUT2D eigenvalue weighted by Crippen LogP contribution is 2.37. The normalized spacial score (nSPS) is 10.8. The summed E-state index contributed by atoms with van der Waals surface area (Å²) < 4.78 is 2.14. The van der Waals surface area contributed by atoms with Crippen molar-refractivity contribution in [2.75, 3.05) is 0 Å². The van der Waals surface area contributed by atoms with Crippen LogP contribution in [-0.4, -0.2) is 5.78 Å². The Balaban J connectivity index is 2.42. The van der Waals surface area contributed by atoms with Crippen molar-refractivity contribution in [1.29, 1.82) is 0 Å². The number of carbonyl (C=O) groups is 1. The van der Waals surface area contributed by atoms with Crippen molar-refractivity contribution >= 4 is 79.2 Å². The van der Waals surface area contributed by atoms with Crippen LogP contribution in [0.1, 0.15) is 15.2 Å². The van der Waals surface area contributed by atoms with E-state index in [2.05, 4.69) is 15.9 Å². The van der Waals surface area contributed by atoms with Gasteiger partial charge in [0.05, 0.1) is 14.8 Å². The summed E-state index contributed by atoms with van der Waals surface area (Å²) >= 11 is 23.2. The minimum Gasteiger partial charge on any atom is -0.288 e. The molecular formula is C9H2BrCl3OS2. The number of carbonyl (C=O) groups excluding carboxylic acids is 1. The van der Waals surface area contributed by atoms with Crippen molar-refractivity contribution in [1.82, 2.24) is 0 Å². The van der Waals surface area contributed by atoms with Crippen LogP contribution in [0.2, 0.25) is 13.0 Å². The van der Waals surface area contributed by atoms with Crippen LogP contribution in [0.25, 0.3) is 0 Å². The first-order valence-electron chi connectivity index (χ1n) is 3.93. The zero-order valence-electron chi connectivity index (χ0n) is 7.39. The van der Waals surface area contributed by atoms with E-state index in [0.717, 1.165) is 0 Å². The van der Waals surface area contributed by atoms with E-state index in [-0.39, 0.29) is 5.78 Å². The molecule has 0 fully saturated rings. The van der Waals surface area contributed by atoms with E-state index in [1.807, 2.05) is 0 Å². The Kier molecular flexibility index (Phi) is 3.99. The Morgan fingerprint density at radius 3 is 2.25 bits per heavy atom. The maximum absolute atomic E-state index is 12.0. The van der Waals surface area contributed by atoms with Crippen LogP contribution in [0.3, 0.4) is 0 Å². The third-order valence-corrected chi connectivity index (χ3v) is 5.73. The molecule has 1 nitrogen and oxygen atoms in total. The van der Waals surface area contributed by atoms with Crippen LogP contribution in [-0.2, 0) is 0 Å². The van der Waals surface area contributed by atoms with Crippen molar-refractivity contribution in [3.05, 3.63) is 40.1 Å². The van der Waals surface area contributed by atoms with Crippen LogP contribution in [0.15, 0.2) is 16.6 Å². The highest BCUT2D eigenvalue weighted by molar-refractivity contribution is 9.10. The van der Waals surface area contributed by atoms with Gasteiger partial charge in [0.1, 0.15) is 8.67 Å². The predicted molar refractivity (Wildman–Crippen MR) is 74.8 cm³/mol. The summed E-state index contributed by atoms with van der Waals surface area (Å²) in [6.07, 6.45) is 0.